The summed E-state index contributed by atoms with van der Waals surface area (Å²) in [5.41, 5.74) is 0.603. The smallest absolute Gasteiger partial charge is 0.264 e. The first kappa shape index (κ1) is 12.6. The van der Waals surface area contributed by atoms with E-state index in [1.165, 1.54) is 28.8 Å². The summed E-state index contributed by atoms with van der Waals surface area (Å²) < 4.78 is 10.9. The van der Waals surface area contributed by atoms with Crippen LogP contribution in [0.2, 0.25) is 0 Å². The Morgan fingerprint density at radius 1 is 1.48 bits per heavy atom. The van der Waals surface area contributed by atoms with Crippen LogP contribution in [0.15, 0.2) is 15.6 Å². The molecule has 1 aliphatic rings. The molecule has 4 rings (SSSR count). The van der Waals surface area contributed by atoms with E-state index < -0.39 is 0 Å². The molecule has 1 aliphatic carbocycles. The predicted octanol–water partition coefficient (Wildman–Crippen LogP) is 1.86. The maximum Gasteiger partial charge on any atom is 0.264 e. The lowest BCUT2D eigenvalue weighted by Crippen LogP contribution is -2.21. The van der Waals surface area contributed by atoms with E-state index in [4.69, 9.17) is 4.52 Å². The second-order valence-corrected chi connectivity index (χ2v) is 6.05. The van der Waals surface area contributed by atoms with Gasteiger partial charge in [-0.15, -0.1) is 0 Å². The molecule has 0 saturated heterocycles. The molecule has 3 aromatic heterocycles. The molecule has 1 fully saturated rings. The summed E-state index contributed by atoms with van der Waals surface area (Å²) in [7, 11) is 0. The highest BCUT2D eigenvalue weighted by atomic mass is 32.1. The van der Waals surface area contributed by atoms with Crippen LogP contribution in [0.3, 0.4) is 0 Å². The molecule has 0 aromatic carbocycles. The number of fused-ring (bicyclic) bond motifs is 1. The summed E-state index contributed by atoms with van der Waals surface area (Å²) in [6.07, 6.45) is 4.94. The van der Waals surface area contributed by atoms with Crippen LogP contribution in [-0.4, -0.2) is 24.1 Å². The Morgan fingerprint density at radius 3 is 3.10 bits per heavy atom. The van der Waals surface area contributed by atoms with Gasteiger partial charge in [0.05, 0.1) is 24.0 Å². The standard InChI is InChI=1S/C13H13N5O2S/c1-7-10-12(21-17-7)14-6-18(13(10)19)5-9-15-11(20-16-9)8-3-2-4-8/h6,8H,2-5H2,1H3. The molecule has 0 spiro atoms. The zero-order chi connectivity index (χ0) is 14.4. The second kappa shape index (κ2) is 4.73. The van der Waals surface area contributed by atoms with Crippen molar-refractivity contribution in [2.75, 3.05) is 0 Å². The molecule has 21 heavy (non-hydrogen) atoms. The molecule has 0 radical (unpaired) electrons. The van der Waals surface area contributed by atoms with Crippen LogP contribution in [0.1, 0.15) is 42.6 Å². The summed E-state index contributed by atoms with van der Waals surface area (Å²) in [5.74, 6) is 1.60. The Bertz CT molecular complexity index is 861. The van der Waals surface area contributed by atoms with E-state index in [0.29, 0.717) is 33.5 Å². The Balaban J connectivity index is 1.67. The van der Waals surface area contributed by atoms with Crippen LogP contribution in [0.25, 0.3) is 10.2 Å². The minimum atomic E-state index is -0.110. The molecule has 0 N–H and O–H groups in total. The third-order valence-electron chi connectivity index (χ3n) is 3.88. The summed E-state index contributed by atoms with van der Waals surface area (Å²) in [6.45, 7) is 2.09. The molecule has 0 aliphatic heterocycles. The maximum atomic E-state index is 12.4. The molecular weight excluding hydrogens is 290 g/mol. The number of rotatable bonds is 3. The monoisotopic (exact) mass is 303 g/mol. The van der Waals surface area contributed by atoms with Gasteiger partial charge in [0.2, 0.25) is 5.89 Å². The normalized spacial score (nSPS) is 15.5. The summed E-state index contributed by atoms with van der Waals surface area (Å²) >= 11 is 1.24. The van der Waals surface area contributed by atoms with Gasteiger partial charge < -0.3 is 4.52 Å². The van der Waals surface area contributed by atoms with Crippen molar-refractivity contribution in [2.24, 2.45) is 0 Å². The van der Waals surface area contributed by atoms with Crippen molar-refractivity contribution in [3.05, 3.63) is 34.1 Å². The maximum absolute atomic E-state index is 12.4. The number of aromatic nitrogens is 5. The van der Waals surface area contributed by atoms with Crippen molar-refractivity contribution < 1.29 is 4.52 Å². The zero-order valence-electron chi connectivity index (χ0n) is 11.4. The summed E-state index contributed by atoms with van der Waals surface area (Å²) in [6, 6.07) is 0. The Labute approximate surface area is 123 Å². The SMILES string of the molecule is Cc1nsc2ncn(Cc3noc(C4CCC4)n3)c(=O)c12. The van der Waals surface area contributed by atoms with Crippen molar-refractivity contribution in [3.63, 3.8) is 0 Å². The van der Waals surface area contributed by atoms with Crippen molar-refractivity contribution in [2.45, 2.75) is 38.6 Å². The van der Waals surface area contributed by atoms with E-state index in [0.717, 1.165) is 12.8 Å². The highest BCUT2D eigenvalue weighted by Gasteiger charge is 2.25. The van der Waals surface area contributed by atoms with E-state index in [1.807, 2.05) is 6.92 Å². The van der Waals surface area contributed by atoms with Gasteiger partial charge >= 0.3 is 0 Å². The van der Waals surface area contributed by atoms with Crippen molar-refractivity contribution in [1.29, 1.82) is 0 Å². The van der Waals surface area contributed by atoms with Gasteiger partial charge in [-0.1, -0.05) is 11.6 Å². The summed E-state index contributed by atoms with van der Waals surface area (Å²) in [5, 5.41) is 4.53. The lowest BCUT2D eigenvalue weighted by atomic mass is 9.85. The highest BCUT2D eigenvalue weighted by molar-refractivity contribution is 7.12. The van der Waals surface area contributed by atoms with Gasteiger partial charge in [-0.25, -0.2) is 4.98 Å². The van der Waals surface area contributed by atoms with Crippen LogP contribution in [-0.2, 0) is 6.54 Å². The minimum Gasteiger partial charge on any atom is -0.339 e. The number of aryl methyl sites for hydroxylation is 1. The molecule has 3 heterocycles. The van der Waals surface area contributed by atoms with E-state index >= 15 is 0 Å². The fraction of sp³-hybridized carbons (Fsp3) is 0.462. The Hall–Kier alpha value is -2.09. The fourth-order valence-electron chi connectivity index (χ4n) is 2.43. The molecule has 0 bridgehead atoms. The van der Waals surface area contributed by atoms with Gasteiger partial charge in [-0.05, 0) is 31.3 Å². The zero-order valence-corrected chi connectivity index (χ0v) is 12.3. The Morgan fingerprint density at radius 2 is 2.33 bits per heavy atom. The quantitative estimate of drug-likeness (QED) is 0.734. The number of hydrogen-bond donors (Lipinski definition) is 0. The third kappa shape index (κ3) is 2.06. The predicted molar refractivity (Wildman–Crippen MR) is 76.4 cm³/mol. The van der Waals surface area contributed by atoms with Gasteiger partial charge in [0.15, 0.2) is 10.7 Å². The molecule has 0 amide bonds. The minimum absolute atomic E-state index is 0.110. The first-order valence-corrected chi connectivity index (χ1v) is 7.63. The fourth-order valence-corrected chi connectivity index (χ4v) is 3.16. The van der Waals surface area contributed by atoms with Crippen LogP contribution in [0, 0.1) is 6.92 Å². The van der Waals surface area contributed by atoms with Crippen molar-refractivity contribution in [1.82, 2.24) is 24.1 Å². The molecule has 108 valence electrons. The van der Waals surface area contributed by atoms with Crippen LogP contribution in [0.5, 0.6) is 0 Å². The molecule has 1 saturated carbocycles. The van der Waals surface area contributed by atoms with Gasteiger partial charge in [-0.3, -0.25) is 9.36 Å². The first-order valence-electron chi connectivity index (χ1n) is 6.86. The van der Waals surface area contributed by atoms with Crippen molar-refractivity contribution >= 4 is 21.7 Å². The molecule has 3 aromatic rings. The number of nitrogens with zero attached hydrogens (tertiary/aromatic N) is 5. The third-order valence-corrected chi connectivity index (χ3v) is 4.73. The van der Waals surface area contributed by atoms with Crippen molar-refractivity contribution in [3.8, 4) is 0 Å². The van der Waals surface area contributed by atoms with Crippen LogP contribution >= 0.6 is 11.5 Å². The largest absolute Gasteiger partial charge is 0.339 e. The Kier molecular flexibility index (Phi) is 2.85. The number of hydrogen-bond acceptors (Lipinski definition) is 7. The lowest BCUT2D eigenvalue weighted by Gasteiger charge is -2.20. The molecule has 8 heteroatoms. The average molecular weight is 303 g/mol. The molecule has 7 nitrogen and oxygen atoms in total. The first-order chi connectivity index (χ1) is 10.2. The van der Waals surface area contributed by atoms with E-state index in [2.05, 4.69) is 19.5 Å². The highest BCUT2D eigenvalue weighted by Crippen LogP contribution is 2.35. The van der Waals surface area contributed by atoms with E-state index in [9.17, 15) is 4.79 Å². The topological polar surface area (TPSA) is 86.7 Å². The van der Waals surface area contributed by atoms with Gasteiger partial charge in [0.25, 0.3) is 5.56 Å². The van der Waals surface area contributed by atoms with E-state index in [-0.39, 0.29) is 12.1 Å². The average Bonchev–Trinajstić information content (AvgIpc) is 2.99. The molecule has 0 atom stereocenters. The van der Waals surface area contributed by atoms with Gasteiger partial charge in [0.1, 0.15) is 0 Å². The van der Waals surface area contributed by atoms with Crippen LogP contribution in [0.4, 0.5) is 0 Å². The summed E-state index contributed by atoms with van der Waals surface area (Å²) in [4.78, 5) is 21.7. The van der Waals surface area contributed by atoms with E-state index in [1.54, 1.807) is 0 Å². The molecule has 0 unspecified atom stereocenters. The van der Waals surface area contributed by atoms with Gasteiger partial charge in [0, 0.05) is 5.92 Å². The molecular formula is C13H13N5O2S. The van der Waals surface area contributed by atoms with Gasteiger partial charge in [-0.2, -0.15) is 9.36 Å². The second-order valence-electron chi connectivity index (χ2n) is 5.30. The lowest BCUT2D eigenvalue weighted by molar-refractivity contribution is 0.291. The van der Waals surface area contributed by atoms with Crippen LogP contribution < -0.4 is 5.56 Å².